The van der Waals surface area contributed by atoms with Crippen LogP contribution in [0, 0.1) is 22.9 Å². The zero-order chi connectivity index (χ0) is 15.4. The summed E-state index contributed by atoms with van der Waals surface area (Å²) in [7, 11) is 1.46. The molecule has 0 heterocycles. The molecule has 2 rings (SSSR count). The second-order valence-corrected chi connectivity index (χ2v) is 4.61. The summed E-state index contributed by atoms with van der Waals surface area (Å²) < 4.78 is 18.2. The fourth-order valence-corrected chi connectivity index (χ4v) is 1.93. The van der Waals surface area contributed by atoms with Gasteiger partial charge in [0.1, 0.15) is 11.6 Å². The lowest BCUT2D eigenvalue weighted by atomic mass is 10.1. The molecule has 0 bridgehead atoms. The smallest absolute Gasteiger partial charge is 0.273 e. The second-order valence-electron chi connectivity index (χ2n) is 4.61. The van der Waals surface area contributed by atoms with E-state index in [-0.39, 0.29) is 11.5 Å². The molecule has 6 heteroatoms. The molecule has 0 aliphatic heterocycles. The van der Waals surface area contributed by atoms with Crippen LogP contribution in [0.4, 0.5) is 15.8 Å². The molecule has 5 nitrogen and oxygen atoms in total. The molecule has 2 aromatic rings. The van der Waals surface area contributed by atoms with Gasteiger partial charge in [-0.2, -0.15) is 0 Å². The summed E-state index contributed by atoms with van der Waals surface area (Å²) in [6.07, 6.45) is 0. The highest BCUT2D eigenvalue weighted by atomic mass is 19.1. The fraction of sp³-hybridized carbons (Fsp3) is 0.200. The van der Waals surface area contributed by atoms with Crippen molar-refractivity contribution in [1.82, 2.24) is 0 Å². The number of nitro benzene ring substituents is 1. The van der Waals surface area contributed by atoms with Gasteiger partial charge in [-0.1, -0.05) is 0 Å². The highest BCUT2D eigenvalue weighted by Crippen LogP contribution is 2.23. The van der Waals surface area contributed by atoms with E-state index >= 15 is 0 Å². The Balaban J connectivity index is 2.17. The molecule has 0 saturated heterocycles. The molecular formula is C15H15FN2O3. The Bertz CT molecular complexity index is 674. The number of methoxy groups -OCH3 is 1. The Morgan fingerprint density at radius 1 is 1.29 bits per heavy atom. The SMILES string of the molecule is COc1cc(CNc2ccc(F)c(C)c2)cc([N+](=O)[O-])c1. The van der Waals surface area contributed by atoms with Crippen molar-refractivity contribution in [3.8, 4) is 5.75 Å². The normalized spacial score (nSPS) is 10.2. The molecule has 0 aromatic heterocycles. The number of anilines is 1. The summed E-state index contributed by atoms with van der Waals surface area (Å²) >= 11 is 0. The van der Waals surface area contributed by atoms with Crippen LogP contribution in [-0.4, -0.2) is 12.0 Å². The van der Waals surface area contributed by atoms with Gasteiger partial charge in [-0.25, -0.2) is 4.39 Å². The predicted octanol–water partition coefficient (Wildman–Crippen LogP) is 3.66. The van der Waals surface area contributed by atoms with Crippen molar-refractivity contribution in [3.05, 3.63) is 63.5 Å². The van der Waals surface area contributed by atoms with Gasteiger partial charge in [0.05, 0.1) is 18.1 Å². The number of aryl methyl sites for hydroxylation is 1. The summed E-state index contributed by atoms with van der Waals surface area (Å²) in [6.45, 7) is 2.06. The molecule has 0 radical (unpaired) electrons. The number of hydrogen-bond donors (Lipinski definition) is 1. The van der Waals surface area contributed by atoms with Crippen LogP contribution in [-0.2, 0) is 6.54 Å². The van der Waals surface area contributed by atoms with Crippen LogP contribution in [0.25, 0.3) is 0 Å². The number of halogens is 1. The highest BCUT2D eigenvalue weighted by Gasteiger charge is 2.10. The van der Waals surface area contributed by atoms with E-state index < -0.39 is 4.92 Å². The van der Waals surface area contributed by atoms with Gasteiger partial charge in [-0.3, -0.25) is 10.1 Å². The first-order chi connectivity index (χ1) is 9.99. The van der Waals surface area contributed by atoms with E-state index in [1.54, 1.807) is 25.1 Å². The largest absolute Gasteiger partial charge is 0.496 e. The second kappa shape index (κ2) is 6.21. The van der Waals surface area contributed by atoms with Crippen molar-refractivity contribution >= 4 is 11.4 Å². The molecule has 0 amide bonds. The number of hydrogen-bond acceptors (Lipinski definition) is 4. The van der Waals surface area contributed by atoms with Crippen molar-refractivity contribution in [2.75, 3.05) is 12.4 Å². The van der Waals surface area contributed by atoms with Crippen LogP contribution in [0.1, 0.15) is 11.1 Å². The van der Waals surface area contributed by atoms with Gasteiger partial charge >= 0.3 is 0 Å². The maximum atomic E-state index is 13.2. The fourth-order valence-electron chi connectivity index (χ4n) is 1.93. The zero-order valence-corrected chi connectivity index (χ0v) is 11.7. The van der Waals surface area contributed by atoms with Crippen LogP contribution in [0.15, 0.2) is 36.4 Å². The minimum atomic E-state index is -0.464. The Morgan fingerprint density at radius 3 is 2.67 bits per heavy atom. The average molecular weight is 290 g/mol. The number of non-ortho nitro benzene ring substituents is 1. The zero-order valence-electron chi connectivity index (χ0n) is 11.7. The van der Waals surface area contributed by atoms with Gasteiger partial charge in [-0.05, 0) is 42.3 Å². The van der Waals surface area contributed by atoms with E-state index in [0.717, 1.165) is 5.69 Å². The first kappa shape index (κ1) is 14.8. The molecule has 0 aliphatic carbocycles. The van der Waals surface area contributed by atoms with Gasteiger partial charge in [0.15, 0.2) is 0 Å². The molecule has 0 unspecified atom stereocenters. The molecule has 0 saturated carbocycles. The molecule has 0 atom stereocenters. The Hall–Kier alpha value is -2.63. The van der Waals surface area contributed by atoms with E-state index in [2.05, 4.69) is 5.32 Å². The van der Waals surface area contributed by atoms with Gasteiger partial charge in [0.2, 0.25) is 0 Å². The van der Waals surface area contributed by atoms with E-state index in [1.807, 2.05) is 0 Å². The van der Waals surface area contributed by atoms with Crippen molar-refractivity contribution < 1.29 is 14.1 Å². The molecule has 0 fully saturated rings. The van der Waals surface area contributed by atoms with Crippen molar-refractivity contribution in [2.24, 2.45) is 0 Å². The summed E-state index contributed by atoms with van der Waals surface area (Å²) in [6, 6.07) is 9.25. The average Bonchev–Trinajstić information content (AvgIpc) is 2.48. The third-order valence-electron chi connectivity index (χ3n) is 3.05. The topological polar surface area (TPSA) is 64.4 Å². The third kappa shape index (κ3) is 3.68. The summed E-state index contributed by atoms with van der Waals surface area (Å²) in [5.41, 5.74) is 1.97. The molecule has 1 N–H and O–H groups in total. The number of nitrogens with one attached hydrogen (secondary N) is 1. The Kier molecular flexibility index (Phi) is 4.37. The maximum Gasteiger partial charge on any atom is 0.273 e. The van der Waals surface area contributed by atoms with Crippen LogP contribution in [0.5, 0.6) is 5.75 Å². The standard InChI is InChI=1S/C15H15FN2O3/c1-10-5-12(3-4-15(10)16)17-9-11-6-13(18(19)20)8-14(7-11)21-2/h3-8,17H,9H2,1-2H3. The first-order valence-electron chi connectivity index (χ1n) is 6.32. The van der Waals surface area contributed by atoms with Crippen molar-refractivity contribution in [1.29, 1.82) is 0 Å². The third-order valence-corrected chi connectivity index (χ3v) is 3.05. The van der Waals surface area contributed by atoms with E-state index in [0.29, 0.717) is 23.4 Å². The lowest BCUT2D eigenvalue weighted by molar-refractivity contribution is -0.385. The number of nitrogens with zero attached hydrogens (tertiary/aromatic N) is 1. The molecule has 2 aromatic carbocycles. The summed E-state index contributed by atoms with van der Waals surface area (Å²) in [5.74, 6) is 0.161. The lowest BCUT2D eigenvalue weighted by Crippen LogP contribution is -2.01. The lowest BCUT2D eigenvalue weighted by Gasteiger charge is -2.09. The Morgan fingerprint density at radius 2 is 2.05 bits per heavy atom. The van der Waals surface area contributed by atoms with E-state index in [9.17, 15) is 14.5 Å². The quantitative estimate of drug-likeness (QED) is 0.674. The van der Waals surface area contributed by atoms with Crippen LogP contribution >= 0.6 is 0 Å². The van der Waals surface area contributed by atoms with E-state index in [4.69, 9.17) is 4.74 Å². The molecule has 0 aliphatic rings. The summed E-state index contributed by atoms with van der Waals surface area (Å²) in [4.78, 5) is 10.4. The van der Waals surface area contributed by atoms with Crippen LogP contribution in [0.2, 0.25) is 0 Å². The van der Waals surface area contributed by atoms with Gasteiger partial charge in [-0.15, -0.1) is 0 Å². The van der Waals surface area contributed by atoms with Crippen molar-refractivity contribution in [2.45, 2.75) is 13.5 Å². The van der Waals surface area contributed by atoms with Gasteiger partial charge in [0.25, 0.3) is 5.69 Å². The monoisotopic (exact) mass is 290 g/mol. The van der Waals surface area contributed by atoms with Gasteiger partial charge < -0.3 is 10.1 Å². The molecule has 21 heavy (non-hydrogen) atoms. The van der Waals surface area contributed by atoms with Gasteiger partial charge in [0, 0.05) is 18.3 Å². The molecule has 110 valence electrons. The predicted molar refractivity (Wildman–Crippen MR) is 78.1 cm³/mol. The number of rotatable bonds is 5. The first-order valence-corrected chi connectivity index (χ1v) is 6.32. The van der Waals surface area contributed by atoms with E-state index in [1.165, 1.54) is 25.3 Å². The number of ether oxygens (including phenoxy) is 1. The molecule has 0 spiro atoms. The maximum absolute atomic E-state index is 13.2. The number of nitro groups is 1. The Labute approximate surface area is 121 Å². The molecular weight excluding hydrogens is 275 g/mol. The van der Waals surface area contributed by atoms with Crippen LogP contribution in [0.3, 0.4) is 0 Å². The summed E-state index contributed by atoms with van der Waals surface area (Å²) in [5, 5.41) is 14.0. The minimum absolute atomic E-state index is 0.0264. The highest BCUT2D eigenvalue weighted by molar-refractivity contribution is 5.48. The van der Waals surface area contributed by atoms with Crippen molar-refractivity contribution in [3.63, 3.8) is 0 Å². The van der Waals surface area contributed by atoms with Crippen LogP contribution < -0.4 is 10.1 Å². The number of benzene rings is 2. The minimum Gasteiger partial charge on any atom is -0.496 e.